The molecule has 0 saturated carbocycles. The molecule has 7 heteroatoms. The van der Waals surface area contributed by atoms with Crippen molar-refractivity contribution >= 4 is 33.6 Å². The lowest BCUT2D eigenvalue weighted by Crippen LogP contribution is -2.42. The maximum atomic E-state index is 12.0. The molecule has 0 bridgehead atoms. The van der Waals surface area contributed by atoms with E-state index in [1.54, 1.807) is 12.1 Å². The van der Waals surface area contributed by atoms with Crippen molar-refractivity contribution in [2.24, 2.45) is 0 Å². The third kappa shape index (κ3) is 4.68. The summed E-state index contributed by atoms with van der Waals surface area (Å²) in [4.78, 5) is 23.9. The van der Waals surface area contributed by atoms with Crippen LogP contribution in [-0.2, 0) is 19.1 Å². The lowest BCUT2D eigenvalue weighted by atomic mass is 10.2. The number of esters is 2. The molecule has 1 heterocycles. The number of halogens is 1. The Balaban J connectivity index is 1.72. The summed E-state index contributed by atoms with van der Waals surface area (Å²) in [7, 11) is 0. The predicted octanol–water partition coefficient (Wildman–Crippen LogP) is 4.68. The fraction of sp³-hybridized carbons (Fsp3) is 0.200. The van der Waals surface area contributed by atoms with E-state index in [4.69, 9.17) is 14.2 Å². The van der Waals surface area contributed by atoms with E-state index in [0.29, 0.717) is 5.75 Å². The number of ether oxygens (including phenoxy) is 3. The molecule has 0 amide bonds. The quantitative estimate of drug-likeness (QED) is 0.430. The molecular formula is C20H18BrNO5. The van der Waals surface area contributed by atoms with E-state index in [-0.39, 0.29) is 5.57 Å². The minimum Gasteiger partial charge on any atom is -0.457 e. The van der Waals surface area contributed by atoms with Gasteiger partial charge >= 0.3 is 11.9 Å². The highest BCUT2D eigenvalue weighted by molar-refractivity contribution is 9.10. The van der Waals surface area contributed by atoms with Gasteiger partial charge in [-0.15, -0.1) is 0 Å². The Morgan fingerprint density at radius 1 is 1.00 bits per heavy atom. The number of benzene rings is 2. The molecule has 0 spiro atoms. The highest BCUT2D eigenvalue weighted by Gasteiger charge is 2.38. The number of nitrogens with one attached hydrogen (secondary N) is 1. The van der Waals surface area contributed by atoms with Crippen LogP contribution in [0.1, 0.15) is 19.4 Å². The van der Waals surface area contributed by atoms with Gasteiger partial charge in [0.15, 0.2) is 5.57 Å². The molecule has 1 saturated heterocycles. The monoisotopic (exact) mass is 431 g/mol. The van der Waals surface area contributed by atoms with E-state index >= 15 is 0 Å². The van der Waals surface area contributed by atoms with E-state index in [2.05, 4.69) is 21.2 Å². The summed E-state index contributed by atoms with van der Waals surface area (Å²) in [5, 5.41) is 2.94. The van der Waals surface area contributed by atoms with Crippen LogP contribution in [0.4, 0.5) is 5.69 Å². The smallest absolute Gasteiger partial charge is 0.350 e. The molecule has 2 aromatic carbocycles. The zero-order valence-electron chi connectivity index (χ0n) is 15.0. The fourth-order valence-electron chi connectivity index (χ4n) is 2.43. The van der Waals surface area contributed by atoms with Crippen molar-refractivity contribution in [3.05, 3.63) is 64.3 Å². The van der Waals surface area contributed by atoms with Crippen molar-refractivity contribution in [1.82, 2.24) is 0 Å². The zero-order chi connectivity index (χ0) is 19.6. The molecule has 1 aliphatic heterocycles. The molecule has 1 fully saturated rings. The van der Waals surface area contributed by atoms with Crippen LogP contribution in [0.3, 0.4) is 0 Å². The van der Waals surface area contributed by atoms with Crippen molar-refractivity contribution in [3.63, 3.8) is 0 Å². The molecular weight excluding hydrogens is 414 g/mol. The normalized spacial score (nSPS) is 15.6. The molecule has 0 radical (unpaired) electrons. The summed E-state index contributed by atoms with van der Waals surface area (Å²) in [6, 6.07) is 12.9. The van der Waals surface area contributed by atoms with Gasteiger partial charge in [-0.25, -0.2) is 9.59 Å². The van der Waals surface area contributed by atoms with Crippen molar-refractivity contribution in [1.29, 1.82) is 0 Å². The summed E-state index contributed by atoms with van der Waals surface area (Å²) in [6.45, 7) is 4.89. The number of anilines is 1. The molecule has 3 rings (SSSR count). The van der Waals surface area contributed by atoms with Crippen LogP contribution >= 0.6 is 15.9 Å². The molecule has 0 atom stereocenters. The van der Waals surface area contributed by atoms with Crippen LogP contribution in [0.2, 0.25) is 0 Å². The standard InChI is InChI=1S/C20H18BrNO5/c1-12-10-15(25-14-6-4-13(21)5-7-14)8-9-17(12)22-11-16-18(23)26-20(2,3)27-19(16)24/h4-11,22H,1-3H3. The third-order valence-corrected chi connectivity index (χ3v) is 4.26. The molecule has 0 aliphatic carbocycles. The van der Waals surface area contributed by atoms with E-state index in [0.717, 1.165) is 21.5 Å². The topological polar surface area (TPSA) is 73.9 Å². The molecule has 27 heavy (non-hydrogen) atoms. The first-order valence-corrected chi connectivity index (χ1v) is 9.00. The SMILES string of the molecule is Cc1cc(Oc2ccc(Br)cc2)ccc1NC=C1C(=O)OC(C)(C)OC1=O. The van der Waals surface area contributed by atoms with Gasteiger partial charge in [-0.2, -0.15) is 0 Å². The Labute approximate surface area is 165 Å². The second-order valence-corrected chi connectivity index (χ2v) is 7.33. The molecule has 140 valence electrons. The molecule has 0 unspecified atom stereocenters. The number of hydrogen-bond acceptors (Lipinski definition) is 6. The van der Waals surface area contributed by atoms with Crippen molar-refractivity contribution in [2.45, 2.75) is 26.6 Å². The van der Waals surface area contributed by atoms with Crippen LogP contribution in [0, 0.1) is 6.92 Å². The molecule has 1 aliphatic rings. The molecule has 0 aromatic heterocycles. The summed E-state index contributed by atoms with van der Waals surface area (Å²) in [6.07, 6.45) is 1.29. The number of cyclic esters (lactones) is 2. The molecule has 6 nitrogen and oxygen atoms in total. The van der Waals surface area contributed by atoms with Crippen LogP contribution in [-0.4, -0.2) is 17.7 Å². The number of hydrogen-bond donors (Lipinski definition) is 1. The summed E-state index contributed by atoms with van der Waals surface area (Å²) in [5.41, 5.74) is 1.40. The van der Waals surface area contributed by atoms with E-state index in [9.17, 15) is 9.59 Å². The van der Waals surface area contributed by atoms with Gasteiger partial charge in [0.1, 0.15) is 11.5 Å². The maximum Gasteiger partial charge on any atom is 0.350 e. The van der Waals surface area contributed by atoms with Crippen LogP contribution in [0.15, 0.2) is 58.7 Å². The Hall–Kier alpha value is -2.80. The lowest BCUT2D eigenvalue weighted by molar-refractivity contribution is -0.222. The zero-order valence-corrected chi connectivity index (χ0v) is 16.6. The highest BCUT2D eigenvalue weighted by Crippen LogP contribution is 2.28. The number of carbonyl (C=O) groups excluding carboxylic acids is 2. The number of aryl methyl sites for hydroxylation is 1. The average Bonchev–Trinajstić information content (AvgIpc) is 2.57. The lowest BCUT2D eigenvalue weighted by Gasteiger charge is -2.29. The third-order valence-electron chi connectivity index (χ3n) is 3.74. The minimum atomic E-state index is -1.26. The van der Waals surface area contributed by atoms with Gasteiger partial charge in [0.25, 0.3) is 5.79 Å². The average molecular weight is 432 g/mol. The number of carbonyl (C=O) groups is 2. The van der Waals surface area contributed by atoms with Gasteiger partial charge < -0.3 is 19.5 Å². The van der Waals surface area contributed by atoms with Crippen LogP contribution in [0.5, 0.6) is 11.5 Å². The van der Waals surface area contributed by atoms with Gasteiger partial charge in [0, 0.05) is 30.2 Å². The fourth-order valence-corrected chi connectivity index (χ4v) is 2.69. The van der Waals surface area contributed by atoms with Gasteiger partial charge in [-0.3, -0.25) is 0 Å². The van der Waals surface area contributed by atoms with Crippen molar-refractivity contribution in [2.75, 3.05) is 5.32 Å². The maximum absolute atomic E-state index is 12.0. The predicted molar refractivity (Wildman–Crippen MR) is 103 cm³/mol. The first kappa shape index (κ1) is 19.0. The van der Waals surface area contributed by atoms with E-state index in [1.807, 2.05) is 37.3 Å². The summed E-state index contributed by atoms with van der Waals surface area (Å²) >= 11 is 3.38. The Kier molecular flexibility index (Phi) is 5.23. The second-order valence-electron chi connectivity index (χ2n) is 6.41. The largest absolute Gasteiger partial charge is 0.457 e. The molecule has 2 aromatic rings. The van der Waals surface area contributed by atoms with Gasteiger partial charge in [0.2, 0.25) is 0 Å². The van der Waals surface area contributed by atoms with Gasteiger partial charge in [0.05, 0.1) is 0 Å². The Bertz CT molecular complexity index is 896. The first-order valence-electron chi connectivity index (χ1n) is 8.21. The highest BCUT2D eigenvalue weighted by atomic mass is 79.9. The van der Waals surface area contributed by atoms with Crippen molar-refractivity contribution < 1.29 is 23.8 Å². The Morgan fingerprint density at radius 3 is 2.19 bits per heavy atom. The van der Waals surface area contributed by atoms with Crippen LogP contribution in [0.25, 0.3) is 0 Å². The minimum absolute atomic E-state index is 0.191. The summed E-state index contributed by atoms with van der Waals surface area (Å²) < 4.78 is 16.9. The first-order chi connectivity index (χ1) is 12.7. The van der Waals surface area contributed by atoms with Gasteiger partial charge in [-0.05, 0) is 55.0 Å². The number of rotatable bonds is 4. The second kappa shape index (κ2) is 7.44. The van der Waals surface area contributed by atoms with Gasteiger partial charge in [-0.1, -0.05) is 15.9 Å². The van der Waals surface area contributed by atoms with Crippen LogP contribution < -0.4 is 10.1 Å². The Morgan fingerprint density at radius 2 is 1.59 bits per heavy atom. The van der Waals surface area contributed by atoms with Crippen molar-refractivity contribution in [3.8, 4) is 11.5 Å². The van der Waals surface area contributed by atoms with E-state index in [1.165, 1.54) is 20.0 Å². The van der Waals surface area contributed by atoms with E-state index < -0.39 is 17.7 Å². The molecule has 1 N–H and O–H groups in total. The summed E-state index contributed by atoms with van der Waals surface area (Å²) in [5.74, 6) is -1.32.